The van der Waals surface area contributed by atoms with Crippen LogP contribution in [0.1, 0.15) is 42.9 Å². The van der Waals surface area contributed by atoms with Crippen LogP contribution in [0.15, 0.2) is 35.9 Å². The van der Waals surface area contributed by atoms with E-state index in [1.165, 1.54) is 29.5 Å². The van der Waals surface area contributed by atoms with Gasteiger partial charge in [0.25, 0.3) is 0 Å². The Balaban J connectivity index is 1.86. The minimum atomic E-state index is -0.466. The number of hydrogen-bond donors (Lipinski definition) is 1. The Kier molecular flexibility index (Phi) is 3.48. The molecule has 0 fully saturated rings. The molecule has 2 unspecified atom stereocenters. The predicted molar refractivity (Wildman–Crippen MR) is 71.4 cm³/mol. The van der Waals surface area contributed by atoms with E-state index in [2.05, 4.69) is 24.3 Å². The lowest BCUT2D eigenvalue weighted by Crippen LogP contribution is -2.29. The average molecular weight is 244 g/mol. The Morgan fingerprint density at radius 2 is 2.06 bits per heavy atom. The van der Waals surface area contributed by atoms with Gasteiger partial charge in [-0.3, -0.25) is 0 Å². The van der Waals surface area contributed by atoms with Gasteiger partial charge in [0.1, 0.15) is 12.2 Å². The maximum absolute atomic E-state index is 10.6. The first kappa shape index (κ1) is 11.9. The lowest BCUT2D eigenvalue weighted by atomic mass is 9.87. The summed E-state index contributed by atoms with van der Waals surface area (Å²) in [4.78, 5) is 0. The topological polar surface area (TPSA) is 29.5 Å². The van der Waals surface area contributed by atoms with Crippen molar-refractivity contribution in [3.63, 3.8) is 0 Å². The lowest BCUT2D eigenvalue weighted by molar-refractivity contribution is -0.0330. The zero-order valence-corrected chi connectivity index (χ0v) is 10.6. The van der Waals surface area contributed by atoms with E-state index in [0.29, 0.717) is 6.61 Å². The van der Waals surface area contributed by atoms with Crippen LogP contribution in [0.25, 0.3) is 0 Å². The van der Waals surface area contributed by atoms with Crippen LogP contribution >= 0.6 is 0 Å². The van der Waals surface area contributed by atoms with Crippen LogP contribution < -0.4 is 0 Å². The predicted octanol–water partition coefficient (Wildman–Crippen LogP) is 3.16. The summed E-state index contributed by atoms with van der Waals surface area (Å²) in [5, 5.41) is 10.6. The van der Waals surface area contributed by atoms with Crippen molar-refractivity contribution >= 4 is 0 Å². The van der Waals surface area contributed by atoms with Crippen molar-refractivity contribution in [2.24, 2.45) is 0 Å². The Morgan fingerprint density at radius 1 is 1.17 bits per heavy atom. The monoisotopic (exact) mass is 244 g/mol. The van der Waals surface area contributed by atoms with Crippen molar-refractivity contribution < 1.29 is 9.84 Å². The summed E-state index contributed by atoms with van der Waals surface area (Å²) in [6.07, 6.45) is 7.08. The maximum Gasteiger partial charge on any atom is 0.112 e. The normalized spacial score (nSPS) is 25.2. The molecule has 0 spiro atoms. The molecule has 0 aromatic heterocycles. The number of hydrogen-bond acceptors (Lipinski definition) is 2. The molecule has 0 saturated carbocycles. The largest absolute Gasteiger partial charge is 0.386 e. The lowest BCUT2D eigenvalue weighted by Gasteiger charge is -2.32. The zero-order valence-electron chi connectivity index (χ0n) is 10.6. The third-order valence-electron chi connectivity index (χ3n) is 4.02. The SMILES string of the molecule is OC(C1=CCCCC1)C1OCCc2ccccc21. The molecule has 2 aliphatic rings. The number of allylic oxidation sites excluding steroid dienone is 1. The van der Waals surface area contributed by atoms with Crippen LogP contribution in [0.2, 0.25) is 0 Å². The van der Waals surface area contributed by atoms with Gasteiger partial charge < -0.3 is 9.84 Å². The zero-order chi connectivity index (χ0) is 12.4. The summed E-state index contributed by atoms with van der Waals surface area (Å²) in [7, 11) is 0. The molecular formula is C16H20O2. The van der Waals surface area contributed by atoms with Crippen LogP contribution in [-0.4, -0.2) is 17.8 Å². The second-order valence-electron chi connectivity index (χ2n) is 5.21. The second-order valence-corrected chi connectivity index (χ2v) is 5.21. The highest BCUT2D eigenvalue weighted by Gasteiger charge is 2.29. The third kappa shape index (κ3) is 2.23. The highest BCUT2D eigenvalue weighted by molar-refractivity contribution is 5.33. The summed E-state index contributed by atoms with van der Waals surface area (Å²) < 4.78 is 5.83. The summed E-state index contributed by atoms with van der Waals surface area (Å²) in [5.41, 5.74) is 3.66. The number of aliphatic hydroxyl groups excluding tert-OH is 1. The molecule has 2 atom stereocenters. The van der Waals surface area contributed by atoms with Gasteiger partial charge in [-0.1, -0.05) is 30.3 Å². The molecular weight excluding hydrogens is 224 g/mol. The number of benzene rings is 1. The molecule has 3 rings (SSSR count). The van der Waals surface area contributed by atoms with Crippen LogP contribution in [0.3, 0.4) is 0 Å². The third-order valence-corrected chi connectivity index (χ3v) is 4.02. The number of aliphatic hydroxyl groups is 1. The van der Waals surface area contributed by atoms with E-state index in [1.54, 1.807) is 0 Å². The average Bonchev–Trinajstić information content (AvgIpc) is 2.47. The van der Waals surface area contributed by atoms with Gasteiger partial charge in [0.2, 0.25) is 0 Å². The van der Waals surface area contributed by atoms with Crippen molar-refractivity contribution in [3.8, 4) is 0 Å². The molecule has 1 aromatic rings. The summed E-state index contributed by atoms with van der Waals surface area (Å²) in [5.74, 6) is 0. The van der Waals surface area contributed by atoms with E-state index in [0.717, 1.165) is 19.3 Å². The number of rotatable bonds is 2. The van der Waals surface area contributed by atoms with Crippen LogP contribution in [-0.2, 0) is 11.2 Å². The molecule has 0 amide bonds. The molecule has 1 aliphatic heterocycles. The van der Waals surface area contributed by atoms with Crippen molar-refractivity contribution in [3.05, 3.63) is 47.0 Å². The second kappa shape index (κ2) is 5.25. The molecule has 0 saturated heterocycles. The molecule has 0 radical (unpaired) electrons. The molecule has 0 bridgehead atoms. The van der Waals surface area contributed by atoms with E-state index in [4.69, 9.17) is 4.74 Å². The van der Waals surface area contributed by atoms with E-state index in [-0.39, 0.29) is 6.10 Å². The molecule has 1 heterocycles. The van der Waals surface area contributed by atoms with Crippen LogP contribution in [0.5, 0.6) is 0 Å². The summed E-state index contributed by atoms with van der Waals surface area (Å²) >= 11 is 0. The first-order valence-corrected chi connectivity index (χ1v) is 6.92. The minimum Gasteiger partial charge on any atom is -0.386 e. The molecule has 2 nitrogen and oxygen atoms in total. The van der Waals surface area contributed by atoms with Crippen molar-refractivity contribution in [2.45, 2.75) is 44.3 Å². The van der Waals surface area contributed by atoms with Crippen LogP contribution in [0.4, 0.5) is 0 Å². The van der Waals surface area contributed by atoms with Gasteiger partial charge in [-0.25, -0.2) is 0 Å². The van der Waals surface area contributed by atoms with Gasteiger partial charge in [0, 0.05) is 0 Å². The molecule has 1 aromatic carbocycles. The molecule has 96 valence electrons. The van der Waals surface area contributed by atoms with Gasteiger partial charge in [0.15, 0.2) is 0 Å². The van der Waals surface area contributed by atoms with Crippen LogP contribution in [0, 0.1) is 0 Å². The van der Waals surface area contributed by atoms with Gasteiger partial charge in [-0.05, 0) is 48.8 Å². The van der Waals surface area contributed by atoms with Gasteiger partial charge in [-0.15, -0.1) is 0 Å². The highest BCUT2D eigenvalue weighted by atomic mass is 16.5. The fourth-order valence-corrected chi connectivity index (χ4v) is 3.01. The van der Waals surface area contributed by atoms with Gasteiger partial charge >= 0.3 is 0 Å². The summed E-state index contributed by atoms with van der Waals surface area (Å²) in [6, 6.07) is 8.33. The van der Waals surface area contributed by atoms with Crippen molar-refractivity contribution in [1.29, 1.82) is 0 Å². The smallest absolute Gasteiger partial charge is 0.112 e. The number of fused-ring (bicyclic) bond motifs is 1. The fourth-order valence-electron chi connectivity index (χ4n) is 3.01. The Labute approximate surface area is 108 Å². The van der Waals surface area contributed by atoms with Crippen molar-refractivity contribution in [1.82, 2.24) is 0 Å². The Hall–Kier alpha value is -1.12. The molecule has 2 heteroatoms. The first-order chi connectivity index (χ1) is 8.86. The highest BCUT2D eigenvalue weighted by Crippen LogP contribution is 2.34. The molecule has 1 N–H and O–H groups in total. The fraction of sp³-hybridized carbons (Fsp3) is 0.500. The van der Waals surface area contributed by atoms with E-state index >= 15 is 0 Å². The first-order valence-electron chi connectivity index (χ1n) is 6.92. The van der Waals surface area contributed by atoms with E-state index < -0.39 is 6.10 Å². The van der Waals surface area contributed by atoms with Crippen molar-refractivity contribution in [2.75, 3.05) is 6.61 Å². The minimum absolute atomic E-state index is 0.167. The Bertz CT molecular complexity index is 450. The van der Waals surface area contributed by atoms with Gasteiger partial charge in [0.05, 0.1) is 6.61 Å². The quantitative estimate of drug-likeness (QED) is 0.810. The summed E-state index contributed by atoms with van der Waals surface area (Å²) in [6.45, 7) is 0.714. The van der Waals surface area contributed by atoms with E-state index in [9.17, 15) is 5.11 Å². The number of ether oxygens (including phenoxy) is 1. The molecule has 1 aliphatic carbocycles. The standard InChI is InChI=1S/C16H20O2/c17-15(13-7-2-1-3-8-13)16-14-9-5-4-6-12(14)10-11-18-16/h4-7,9,15-17H,1-3,8,10-11H2. The van der Waals surface area contributed by atoms with Gasteiger partial charge in [-0.2, -0.15) is 0 Å². The molecule has 18 heavy (non-hydrogen) atoms. The Morgan fingerprint density at radius 3 is 2.89 bits per heavy atom. The van der Waals surface area contributed by atoms with E-state index in [1.807, 2.05) is 6.07 Å². The maximum atomic E-state index is 10.6.